The zero-order chi connectivity index (χ0) is 24.3. The molecule has 34 heavy (non-hydrogen) atoms. The van der Waals surface area contributed by atoms with Crippen LogP contribution in [0, 0.1) is 11.3 Å². The first kappa shape index (κ1) is 22.7. The van der Waals surface area contributed by atoms with Crippen LogP contribution in [-0.4, -0.2) is 42.9 Å². The number of nitrogens with one attached hydrogen (secondary N) is 1. The molecule has 2 aliphatic carbocycles. The van der Waals surface area contributed by atoms with Crippen LogP contribution >= 0.6 is 0 Å². The highest BCUT2D eigenvalue weighted by Gasteiger charge is 2.58. The molecule has 1 aromatic heterocycles. The van der Waals surface area contributed by atoms with Gasteiger partial charge in [0, 0.05) is 54.4 Å². The maximum atomic E-state index is 12.7. The van der Waals surface area contributed by atoms with Gasteiger partial charge in [0.05, 0.1) is 11.7 Å². The lowest BCUT2D eigenvalue weighted by Gasteiger charge is -2.36. The molecule has 0 bridgehead atoms. The van der Waals surface area contributed by atoms with E-state index in [0.29, 0.717) is 12.1 Å². The fourth-order valence-electron chi connectivity index (χ4n) is 5.49. The standard InChI is InChI=1S/C25H29N3O5S/c1-3-34(32,33)26-16-7-8-22(28-11-9-25(10-12-28)14-21(25)24(30)31)19(13-16)20-15-27(2)23(29)18-6-4-5-17(18)20/h4-5,7-8,13,15,21,26H,3,6,9-12,14H2,1-2H3,(H,30,31). The zero-order valence-corrected chi connectivity index (χ0v) is 20.2. The van der Waals surface area contributed by atoms with Gasteiger partial charge in [0.2, 0.25) is 10.0 Å². The van der Waals surface area contributed by atoms with Crippen molar-refractivity contribution in [3.05, 3.63) is 52.0 Å². The summed E-state index contributed by atoms with van der Waals surface area (Å²) < 4.78 is 28.7. The summed E-state index contributed by atoms with van der Waals surface area (Å²) in [5.41, 5.74) is 4.69. The Hall–Kier alpha value is -3.07. The third-order valence-corrected chi connectivity index (χ3v) is 8.96. The van der Waals surface area contributed by atoms with Crippen molar-refractivity contribution in [2.24, 2.45) is 18.4 Å². The molecule has 1 unspecified atom stereocenters. The van der Waals surface area contributed by atoms with Crippen molar-refractivity contribution in [3.63, 3.8) is 0 Å². The van der Waals surface area contributed by atoms with E-state index in [2.05, 4.69) is 9.62 Å². The molecular weight excluding hydrogens is 454 g/mol. The number of hydrogen-bond donors (Lipinski definition) is 2. The number of anilines is 2. The normalized spacial score (nSPS) is 20.4. The maximum absolute atomic E-state index is 12.7. The van der Waals surface area contributed by atoms with Crippen LogP contribution in [0.25, 0.3) is 17.2 Å². The molecule has 1 aliphatic heterocycles. The number of nitrogens with zero attached hydrogens (tertiary/aromatic N) is 2. The molecule has 1 spiro atoms. The smallest absolute Gasteiger partial charge is 0.307 e. The zero-order valence-electron chi connectivity index (χ0n) is 19.4. The van der Waals surface area contributed by atoms with Gasteiger partial charge >= 0.3 is 5.97 Å². The van der Waals surface area contributed by atoms with Crippen LogP contribution in [0.1, 0.15) is 37.3 Å². The second-order valence-electron chi connectivity index (χ2n) is 9.64. The average molecular weight is 484 g/mol. The Morgan fingerprint density at radius 3 is 2.62 bits per heavy atom. The van der Waals surface area contributed by atoms with E-state index < -0.39 is 16.0 Å². The van der Waals surface area contributed by atoms with Crippen molar-refractivity contribution in [3.8, 4) is 11.1 Å². The summed E-state index contributed by atoms with van der Waals surface area (Å²) in [6.07, 6.45) is 8.72. The minimum absolute atomic E-state index is 0.0264. The first-order valence-electron chi connectivity index (χ1n) is 11.7. The number of aliphatic carboxylic acids is 1. The highest BCUT2D eigenvalue weighted by Crippen LogP contribution is 2.59. The Labute approximate surface area is 199 Å². The first-order chi connectivity index (χ1) is 16.1. The highest BCUT2D eigenvalue weighted by atomic mass is 32.2. The number of piperidine rings is 1. The molecule has 3 aliphatic rings. The van der Waals surface area contributed by atoms with Crippen LogP contribution in [-0.2, 0) is 28.3 Å². The number of fused-ring (bicyclic) bond motifs is 1. The van der Waals surface area contributed by atoms with Gasteiger partial charge in [0.15, 0.2) is 0 Å². The predicted octanol–water partition coefficient (Wildman–Crippen LogP) is 3.07. The van der Waals surface area contributed by atoms with E-state index >= 15 is 0 Å². The number of pyridine rings is 1. The number of rotatable bonds is 6. The van der Waals surface area contributed by atoms with Crippen molar-refractivity contribution in [2.75, 3.05) is 28.5 Å². The van der Waals surface area contributed by atoms with Crippen molar-refractivity contribution in [1.82, 2.24) is 4.57 Å². The minimum atomic E-state index is -3.45. The molecule has 2 aromatic rings. The lowest BCUT2D eigenvalue weighted by molar-refractivity contribution is -0.139. The second kappa shape index (κ2) is 8.01. The van der Waals surface area contributed by atoms with Crippen LogP contribution in [0.15, 0.2) is 35.3 Å². The van der Waals surface area contributed by atoms with E-state index in [1.165, 1.54) is 0 Å². The summed E-state index contributed by atoms with van der Waals surface area (Å²) in [4.78, 5) is 26.4. The molecule has 9 heteroatoms. The Morgan fingerprint density at radius 1 is 1.24 bits per heavy atom. The third kappa shape index (κ3) is 3.81. The van der Waals surface area contributed by atoms with Crippen LogP contribution in [0.5, 0.6) is 0 Å². The Balaban J connectivity index is 1.57. The van der Waals surface area contributed by atoms with Gasteiger partial charge in [-0.3, -0.25) is 14.3 Å². The van der Waals surface area contributed by atoms with Gasteiger partial charge in [0.25, 0.3) is 5.56 Å². The van der Waals surface area contributed by atoms with Crippen molar-refractivity contribution in [1.29, 1.82) is 0 Å². The van der Waals surface area contributed by atoms with Gasteiger partial charge in [0.1, 0.15) is 0 Å². The molecule has 1 saturated heterocycles. The van der Waals surface area contributed by atoms with Crippen molar-refractivity contribution in [2.45, 2.75) is 32.6 Å². The van der Waals surface area contributed by atoms with Gasteiger partial charge in [-0.25, -0.2) is 8.42 Å². The first-order valence-corrected chi connectivity index (χ1v) is 13.3. The quantitative estimate of drug-likeness (QED) is 0.654. The van der Waals surface area contributed by atoms with Gasteiger partial charge < -0.3 is 14.6 Å². The number of benzene rings is 1. The Bertz CT molecular complexity index is 1370. The predicted molar refractivity (Wildman–Crippen MR) is 133 cm³/mol. The van der Waals surface area contributed by atoms with E-state index in [-0.39, 0.29) is 22.6 Å². The number of carboxylic acid groups (broad SMARTS) is 1. The lowest BCUT2D eigenvalue weighted by atomic mass is 9.89. The van der Waals surface area contributed by atoms with E-state index in [9.17, 15) is 23.1 Å². The number of sulfonamides is 1. The van der Waals surface area contributed by atoms with Gasteiger partial charge in [-0.2, -0.15) is 0 Å². The molecule has 2 fully saturated rings. The molecule has 180 valence electrons. The van der Waals surface area contributed by atoms with Gasteiger partial charge in [-0.15, -0.1) is 0 Å². The molecule has 2 N–H and O–H groups in total. The maximum Gasteiger partial charge on any atom is 0.307 e. The van der Waals surface area contributed by atoms with Crippen molar-refractivity contribution >= 4 is 33.4 Å². The number of aryl methyl sites for hydroxylation is 1. The lowest BCUT2D eigenvalue weighted by Crippen LogP contribution is -2.36. The van der Waals surface area contributed by atoms with Crippen LogP contribution in [0.2, 0.25) is 0 Å². The van der Waals surface area contributed by atoms with Crippen LogP contribution < -0.4 is 15.2 Å². The van der Waals surface area contributed by atoms with Gasteiger partial charge in [-0.1, -0.05) is 12.2 Å². The Morgan fingerprint density at radius 2 is 1.97 bits per heavy atom. The second-order valence-corrected chi connectivity index (χ2v) is 11.7. The topological polar surface area (TPSA) is 109 Å². The summed E-state index contributed by atoms with van der Waals surface area (Å²) in [5, 5.41) is 9.42. The fraction of sp³-hybridized carbons (Fsp3) is 0.440. The molecule has 1 saturated carbocycles. The highest BCUT2D eigenvalue weighted by molar-refractivity contribution is 7.92. The molecule has 1 aromatic carbocycles. The van der Waals surface area contributed by atoms with E-state index in [0.717, 1.165) is 60.3 Å². The number of allylic oxidation sites excluding steroid dienone is 1. The summed E-state index contributed by atoms with van der Waals surface area (Å²) in [6.45, 7) is 3.06. The molecule has 0 radical (unpaired) electrons. The molecule has 5 rings (SSSR count). The summed E-state index contributed by atoms with van der Waals surface area (Å²) in [5.74, 6) is -0.965. The SMILES string of the molecule is CCS(=O)(=O)Nc1ccc(N2CCC3(CC2)CC3C(=O)O)c(-c2cn(C)c(=O)c3c2C=CC3)c1. The number of hydrogen-bond acceptors (Lipinski definition) is 5. The average Bonchev–Trinajstić information content (AvgIpc) is 3.28. The molecule has 2 heterocycles. The number of carbonyl (C=O) groups is 1. The molecule has 1 atom stereocenters. The Kier molecular flexibility index (Phi) is 5.35. The molecular formula is C25H29N3O5S. The van der Waals surface area contributed by atoms with E-state index in [1.54, 1.807) is 24.6 Å². The molecule has 8 nitrogen and oxygen atoms in total. The third-order valence-electron chi connectivity index (χ3n) is 7.65. The number of carboxylic acids is 1. The van der Waals surface area contributed by atoms with Crippen LogP contribution in [0.3, 0.4) is 0 Å². The van der Waals surface area contributed by atoms with E-state index in [4.69, 9.17) is 0 Å². The molecule has 0 amide bonds. The van der Waals surface area contributed by atoms with Gasteiger partial charge in [-0.05, 0) is 61.8 Å². The summed E-state index contributed by atoms with van der Waals surface area (Å²) in [6, 6.07) is 5.54. The van der Waals surface area contributed by atoms with Crippen molar-refractivity contribution < 1.29 is 18.3 Å². The minimum Gasteiger partial charge on any atom is -0.481 e. The summed E-state index contributed by atoms with van der Waals surface area (Å²) in [7, 11) is -1.71. The van der Waals surface area contributed by atoms with E-state index in [1.807, 2.05) is 30.5 Å². The number of aromatic nitrogens is 1. The van der Waals surface area contributed by atoms with Crippen LogP contribution in [0.4, 0.5) is 11.4 Å². The largest absolute Gasteiger partial charge is 0.481 e. The monoisotopic (exact) mass is 483 g/mol. The summed E-state index contributed by atoms with van der Waals surface area (Å²) >= 11 is 0. The fourth-order valence-corrected chi connectivity index (χ4v) is 6.12.